The van der Waals surface area contributed by atoms with Gasteiger partial charge in [0, 0.05) is 19.0 Å². The zero-order chi connectivity index (χ0) is 15.2. The molecule has 2 amide bonds. The zero-order valence-electron chi connectivity index (χ0n) is 11.8. The number of benzene rings is 1. The summed E-state index contributed by atoms with van der Waals surface area (Å²) >= 11 is 0. The van der Waals surface area contributed by atoms with Crippen molar-refractivity contribution >= 4 is 11.8 Å². The molecule has 1 aliphatic carbocycles. The molecule has 1 atom stereocenters. The number of carbonyl (C=O) groups excluding carboxylic acids is 2. The number of nitrogens with one attached hydrogen (secondary N) is 2. The Morgan fingerprint density at radius 2 is 1.81 bits per heavy atom. The Hall–Kier alpha value is -2.08. The molecule has 6 heteroatoms. The number of phenolic OH excluding ortho intramolecular Hbond substituents is 1. The first kappa shape index (κ1) is 15.3. The number of aromatic hydroxyl groups is 1. The van der Waals surface area contributed by atoms with Gasteiger partial charge in [0.1, 0.15) is 5.75 Å². The third-order valence-electron chi connectivity index (χ3n) is 3.40. The molecule has 114 valence electrons. The number of hydrogen-bond donors (Lipinski definition) is 4. The quantitative estimate of drug-likeness (QED) is 0.527. The summed E-state index contributed by atoms with van der Waals surface area (Å²) in [5, 5.41) is 14.7. The lowest BCUT2D eigenvalue weighted by Crippen LogP contribution is -2.44. The van der Waals surface area contributed by atoms with E-state index >= 15 is 0 Å². The van der Waals surface area contributed by atoms with Crippen molar-refractivity contribution in [1.29, 1.82) is 0 Å². The molecular formula is C15H21N3O3. The highest BCUT2D eigenvalue weighted by molar-refractivity contribution is 5.82. The number of phenols is 1. The van der Waals surface area contributed by atoms with Crippen LogP contribution in [0.25, 0.3) is 0 Å². The van der Waals surface area contributed by atoms with E-state index in [1.807, 2.05) is 0 Å². The molecule has 2 rings (SSSR count). The molecule has 0 saturated heterocycles. The second kappa shape index (κ2) is 7.08. The lowest BCUT2D eigenvalue weighted by molar-refractivity contribution is -0.124. The summed E-state index contributed by atoms with van der Waals surface area (Å²) in [6.07, 6.45) is 2.34. The van der Waals surface area contributed by atoms with Crippen molar-refractivity contribution in [2.45, 2.75) is 25.3 Å². The topological polar surface area (TPSA) is 104 Å². The summed E-state index contributed by atoms with van der Waals surface area (Å²) in [4.78, 5) is 23.2. The first-order chi connectivity index (χ1) is 10.1. The van der Waals surface area contributed by atoms with Crippen LogP contribution in [-0.2, 0) is 16.0 Å². The van der Waals surface area contributed by atoms with Gasteiger partial charge in [0.25, 0.3) is 0 Å². The van der Waals surface area contributed by atoms with Gasteiger partial charge in [-0.3, -0.25) is 9.59 Å². The molecule has 21 heavy (non-hydrogen) atoms. The van der Waals surface area contributed by atoms with Crippen LogP contribution in [0.1, 0.15) is 18.4 Å². The van der Waals surface area contributed by atoms with Gasteiger partial charge < -0.3 is 21.5 Å². The molecule has 0 spiro atoms. The van der Waals surface area contributed by atoms with Crippen LogP contribution in [0.2, 0.25) is 0 Å². The van der Waals surface area contributed by atoms with Crippen LogP contribution >= 0.6 is 0 Å². The fraction of sp³-hybridized carbons (Fsp3) is 0.467. The summed E-state index contributed by atoms with van der Waals surface area (Å²) in [5.41, 5.74) is 6.71. The minimum Gasteiger partial charge on any atom is -0.508 e. The Balaban J connectivity index is 1.64. The van der Waals surface area contributed by atoms with E-state index in [4.69, 9.17) is 5.73 Å². The predicted octanol–water partition coefficient (Wildman–Crippen LogP) is -0.0956. The second-order valence-electron chi connectivity index (χ2n) is 5.33. The van der Waals surface area contributed by atoms with Gasteiger partial charge in [-0.1, -0.05) is 12.1 Å². The Labute approximate surface area is 123 Å². The maximum Gasteiger partial charge on any atom is 0.237 e. The molecule has 0 bridgehead atoms. The minimum atomic E-state index is -0.645. The average Bonchev–Trinajstić information content (AvgIpc) is 3.30. The first-order valence-corrected chi connectivity index (χ1v) is 7.15. The van der Waals surface area contributed by atoms with Crippen LogP contribution in [-0.4, -0.2) is 36.1 Å². The lowest BCUT2D eigenvalue weighted by atomic mass is 10.1. The molecule has 0 aromatic heterocycles. The normalized spacial score (nSPS) is 15.3. The third-order valence-corrected chi connectivity index (χ3v) is 3.40. The molecular weight excluding hydrogens is 270 g/mol. The number of rotatable bonds is 7. The van der Waals surface area contributed by atoms with Crippen molar-refractivity contribution in [2.24, 2.45) is 11.7 Å². The highest BCUT2D eigenvalue weighted by Crippen LogP contribution is 2.28. The van der Waals surface area contributed by atoms with Crippen molar-refractivity contribution in [3.63, 3.8) is 0 Å². The second-order valence-corrected chi connectivity index (χ2v) is 5.33. The molecule has 1 aromatic rings. The SMILES string of the molecule is NC(Cc1ccc(O)cc1)C(=O)NCCNC(=O)C1CC1. The number of amides is 2. The molecule has 5 N–H and O–H groups in total. The fourth-order valence-electron chi connectivity index (χ4n) is 1.97. The predicted molar refractivity (Wildman–Crippen MR) is 78.5 cm³/mol. The van der Waals surface area contributed by atoms with Crippen LogP contribution in [0.3, 0.4) is 0 Å². The Kier molecular flexibility index (Phi) is 5.16. The van der Waals surface area contributed by atoms with E-state index in [9.17, 15) is 14.7 Å². The van der Waals surface area contributed by atoms with E-state index in [0.29, 0.717) is 19.5 Å². The molecule has 1 aliphatic rings. The summed E-state index contributed by atoms with van der Waals surface area (Å²) in [6.45, 7) is 0.799. The maximum atomic E-state index is 11.8. The zero-order valence-corrected chi connectivity index (χ0v) is 11.8. The van der Waals surface area contributed by atoms with Gasteiger partial charge in [0.15, 0.2) is 0 Å². The lowest BCUT2D eigenvalue weighted by Gasteiger charge is -2.12. The van der Waals surface area contributed by atoms with Crippen LogP contribution in [0.4, 0.5) is 0 Å². The van der Waals surface area contributed by atoms with E-state index < -0.39 is 6.04 Å². The van der Waals surface area contributed by atoms with E-state index in [1.165, 1.54) is 0 Å². The smallest absolute Gasteiger partial charge is 0.237 e. The Morgan fingerprint density at radius 1 is 1.19 bits per heavy atom. The van der Waals surface area contributed by atoms with Gasteiger partial charge >= 0.3 is 0 Å². The molecule has 1 aromatic carbocycles. The van der Waals surface area contributed by atoms with Gasteiger partial charge in [-0.2, -0.15) is 0 Å². The summed E-state index contributed by atoms with van der Waals surface area (Å²) in [5.74, 6) is 0.182. The van der Waals surface area contributed by atoms with E-state index in [1.54, 1.807) is 24.3 Å². The number of hydrogen-bond acceptors (Lipinski definition) is 4. The van der Waals surface area contributed by atoms with Crippen molar-refractivity contribution in [2.75, 3.05) is 13.1 Å². The number of nitrogens with two attached hydrogens (primary N) is 1. The number of carbonyl (C=O) groups is 2. The monoisotopic (exact) mass is 291 g/mol. The van der Waals surface area contributed by atoms with Gasteiger partial charge in [-0.15, -0.1) is 0 Å². The highest BCUT2D eigenvalue weighted by atomic mass is 16.3. The molecule has 1 unspecified atom stereocenters. The molecule has 0 heterocycles. The van der Waals surface area contributed by atoms with Crippen LogP contribution in [0.15, 0.2) is 24.3 Å². The largest absolute Gasteiger partial charge is 0.508 e. The summed E-state index contributed by atoms with van der Waals surface area (Å²) < 4.78 is 0. The van der Waals surface area contributed by atoms with Crippen LogP contribution < -0.4 is 16.4 Å². The molecule has 6 nitrogen and oxygen atoms in total. The van der Waals surface area contributed by atoms with E-state index in [-0.39, 0.29) is 23.5 Å². The average molecular weight is 291 g/mol. The minimum absolute atomic E-state index is 0.0673. The molecule has 1 fully saturated rings. The maximum absolute atomic E-state index is 11.8. The molecule has 0 radical (unpaired) electrons. The van der Waals surface area contributed by atoms with Crippen molar-refractivity contribution in [1.82, 2.24) is 10.6 Å². The molecule has 1 saturated carbocycles. The highest BCUT2D eigenvalue weighted by Gasteiger charge is 2.29. The Bertz CT molecular complexity index is 497. The first-order valence-electron chi connectivity index (χ1n) is 7.15. The van der Waals surface area contributed by atoms with Crippen LogP contribution in [0.5, 0.6) is 5.75 Å². The van der Waals surface area contributed by atoms with Gasteiger partial charge in [0.05, 0.1) is 6.04 Å². The standard InChI is InChI=1S/C15H21N3O3/c16-13(9-10-1-5-12(19)6-2-10)15(21)18-8-7-17-14(20)11-3-4-11/h1-2,5-6,11,13,19H,3-4,7-9,16H2,(H,17,20)(H,18,21). The van der Waals surface area contributed by atoms with E-state index in [0.717, 1.165) is 18.4 Å². The van der Waals surface area contributed by atoms with Crippen molar-refractivity contribution < 1.29 is 14.7 Å². The van der Waals surface area contributed by atoms with Gasteiger partial charge in [-0.25, -0.2) is 0 Å². The fourth-order valence-corrected chi connectivity index (χ4v) is 1.97. The van der Waals surface area contributed by atoms with Crippen molar-refractivity contribution in [3.8, 4) is 5.75 Å². The van der Waals surface area contributed by atoms with E-state index in [2.05, 4.69) is 10.6 Å². The van der Waals surface area contributed by atoms with Crippen LogP contribution in [0, 0.1) is 5.92 Å². The molecule has 0 aliphatic heterocycles. The van der Waals surface area contributed by atoms with Gasteiger partial charge in [-0.05, 0) is 37.0 Å². The summed E-state index contributed by atoms with van der Waals surface area (Å²) in [6, 6.07) is 5.95. The van der Waals surface area contributed by atoms with Gasteiger partial charge in [0.2, 0.25) is 11.8 Å². The Morgan fingerprint density at radius 3 is 2.43 bits per heavy atom. The summed E-state index contributed by atoms with van der Waals surface area (Å²) in [7, 11) is 0. The third kappa shape index (κ3) is 5.07. The van der Waals surface area contributed by atoms with Crippen molar-refractivity contribution in [3.05, 3.63) is 29.8 Å².